The van der Waals surface area contributed by atoms with E-state index >= 15 is 0 Å². The molecule has 5 heteroatoms. The number of nitrogens with zero attached hydrogens (tertiary/aromatic N) is 3. The molecule has 1 aromatic rings. The van der Waals surface area contributed by atoms with Crippen LogP contribution in [0.3, 0.4) is 0 Å². The fourth-order valence-corrected chi connectivity index (χ4v) is 2.57. The molecule has 98 valence electrons. The van der Waals surface area contributed by atoms with E-state index in [0.717, 1.165) is 42.6 Å². The number of halogens is 1. The fraction of sp³-hybridized carbons (Fsp3) is 0.538. The van der Waals surface area contributed by atoms with Crippen LogP contribution in [0.25, 0.3) is 0 Å². The van der Waals surface area contributed by atoms with Gasteiger partial charge in [0.2, 0.25) is 5.91 Å². The molecule has 1 saturated heterocycles. The number of rotatable bonds is 3. The Bertz CT molecular complexity index is 424. The predicted octanol–water partition coefficient (Wildman–Crippen LogP) is 2.29. The van der Waals surface area contributed by atoms with Crippen molar-refractivity contribution < 1.29 is 4.79 Å². The quantitative estimate of drug-likeness (QED) is 0.859. The first-order chi connectivity index (χ1) is 8.70. The first kappa shape index (κ1) is 13.3. The van der Waals surface area contributed by atoms with Crippen molar-refractivity contribution in [2.45, 2.75) is 19.8 Å². The standard InChI is InChI=1S/C13H18BrN3O/c1-2-4-16-5-3-6-17(10-13(16)18)12-7-11(14)8-15-9-12/h7-9H,2-6,10H2,1H3. The predicted molar refractivity (Wildman–Crippen MR) is 75.6 cm³/mol. The molecule has 0 bridgehead atoms. The third kappa shape index (κ3) is 3.22. The minimum Gasteiger partial charge on any atom is -0.361 e. The first-order valence-electron chi connectivity index (χ1n) is 6.34. The van der Waals surface area contributed by atoms with E-state index < -0.39 is 0 Å². The Morgan fingerprint density at radius 1 is 1.39 bits per heavy atom. The van der Waals surface area contributed by atoms with Crippen LogP contribution in [-0.2, 0) is 4.79 Å². The summed E-state index contributed by atoms with van der Waals surface area (Å²) in [5.41, 5.74) is 1.01. The highest BCUT2D eigenvalue weighted by atomic mass is 79.9. The largest absolute Gasteiger partial charge is 0.361 e. The molecule has 0 saturated carbocycles. The van der Waals surface area contributed by atoms with Crippen molar-refractivity contribution in [3.63, 3.8) is 0 Å². The average Bonchev–Trinajstić information content (AvgIpc) is 2.53. The number of hydrogen-bond donors (Lipinski definition) is 0. The van der Waals surface area contributed by atoms with Crippen LogP contribution >= 0.6 is 15.9 Å². The van der Waals surface area contributed by atoms with Gasteiger partial charge in [0.05, 0.1) is 18.4 Å². The third-order valence-corrected chi connectivity index (χ3v) is 3.52. The van der Waals surface area contributed by atoms with E-state index in [1.54, 1.807) is 6.20 Å². The molecule has 18 heavy (non-hydrogen) atoms. The zero-order valence-corrected chi connectivity index (χ0v) is 12.2. The van der Waals surface area contributed by atoms with Gasteiger partial charge in [0, 0.05) is 30.3 Å². The summed E-state index contributed by atoms with van der Waals surface area (Å²) in [6.45, 7) is 5.20. The molecule has 2 rings (SSSR count). The van der Waals surface area contributed by atoms with Crippen LogP contribution < -0.4 is 4.90 Å². The Morgan fingerprint density at radius 3 is 2.94 bits per heavy atom. The lowest BCUT2D eigenvalue weighted by atomic mass is 10.3. The number of carbonyl (C=O) groups is 1. The molecule has 0 spiro atoms. The molecule has 1 aliphatic rings. The zero-order chi connectivity index (χ0) is 13.0. The fourth-order valence-electron chi connectivity index (χ4n) is 2.22. The molecular weight excluding hydrogens is 294 g/mol. The number of hydrogen-bond acceptors (Lipinski definition) is 3. The lowest BCUT2D eigenvalue weighted by molar-refractivity contribution is -0.129. The molecule has 1 amide bonds. The van der Waals surface area contributed by atoms with E-state index in [2.05, 4.69) is 32.7 Å². The van der Waals surface area contributed by atoms with Gasteiger partial charge in [-0.1, -0.05) is 6.92 Å². The van der Waals surface area contributed by atoms with E-state index in [-0.39, 0.29) is 5.91 Å². The van der Waals surface area contributed by atoms with Crippen LogP contribution in [0.15, 0.2) is 22.9 Å². The van der Waals surface area contributed by atoms with Gasteiger partial charge in [-0.25, -0.2) is 0 Å². The van der Waals surface area contributed by atoms with E-state index in [9.17, 15) is 4.79 Å². The van der Waals surface area contributed by atoms with Crippen molar-refractivity contribution in [2.24, 2.45) is 0 Å². The van der Waals surface area contributed by atoms with Crippen LogP contribution in [0.5, 0.6) is 0 Å². The molecule has 0 aliphatic carbocycles. The third-order valence-electron chi connectivity index (χ3n) is 3.08. The number of pyridine rings is 1. The summed E-state index contributed by atoms with van der Waals surface area (Å²) in [7, 11) is 0. The maximum Gasteiger partial charge on any atom is 0.242 e. The van der Waals surface area contributed by atoms with Gasteiger partial charge in [-0.3, -0.25) is 9.78 Å². The Balaban J connectivity index is 2.09. The van der Waals surface area contributed by atoms with E-state index in [1.807, 2.05) is 17.2 Å². The minimum atomic E-state index is 0.217. The molecule has 1 aromatic heterocycles. The molecule has 4 nitrogen and oxygen atoms in total. The smallest absolute Gasteiger partial charge is 0.242 e. The summed E-state index contributed by atoms with van der Waals surface area (Å²) in [6, 6.07) is 2.01. The summed E-state index contributed by atoms with van der Waals surface area (Å²) in [5.74, 6) is 0.217. The highest BCUT2D eigenvalue weighted by Gasteiger charge is 2.21. The van der Waals surface area contributed by atoms with Crippen LogP contribution in [0.1, 0.15) is 19.8 Å². The Hall–Kier alpha value is -1.10. The van der Waals surface area contributed by atoms with Crippen molar-refractivity contribution in [3.05, 3.63) is 22.9 Å². The molecule has 0 unspecified atom stereocenters. The van der Waals surface area contributed by atoms with Crippen molar-refractivity contribution in [2.75, 3.05) is 31.1 Å². The summed E-state index contributed by atoms with van der Waals surface area (Å²) in [6.07, 6.45) is 5.60. The lowest BCUT2D eigenvalue weighted by Gasteiger charge is -2.22. The van der Waals surface area contributed by atoms with Gasteiger partial charge < -0.3 is 9.80 Å². The summed E-state index contributed by atoms with van der Waals surface area (Å²) < 4.78 is 0.946. The van der Waals surface area contributed by atoms with Crippen LogP contribution in [0.2, 0.25) is 0 Å². The average molecular weight is 312 g/mol. The normalized spacial score (nSPS) is 16.9. The summed E-state index contributed by atoms with van der Waals surface area (Å²) in [5, 5.41) is 0. The van der Waals surface area contributed by atoms with Crippen LogP contribution in [0, 0.1) is 0 Å². The number of carbonyl (C=O) groups excluding carboxylic acids is 1. The minimum absolute atomic E-state index is 0.217. The van der Waals surface area contributed by atoms with Crippen molar-refractivity contribution in [3.8, 4) is 0 Å². The second kappa shape index (κ2) is 6.18. The molecular formula is C13H18BrN3O. The summed E-state index contributed by atoms with van der Waals surface area (Å²) >= 11 is 3.42. The van der Waals surface area contributed by atoms with Gasteiger partial charge in [0.15, 0.2) is 0 Å². The number of aromatic nitrogens is 1. The van der Waals surface area contributed by atoms with E-state index in [4.69, 9.17) is 0 Å². The SMILES string of the molecule is CCCN1CCCN(c2cncc(Br)c2)CC1=O. The van der Waals surface area contributed by atoms with Gasteiger partial charge in [0.25, 0.3) is 0 Å². The molecule has 1 aliphatic heterocycles. The topological polar surface area (TPSA) is 36.4 Å². The van der Waals surface area contributed by atoms with Gasteiger partial charge in [-0.15, -0.1) is 0 Å². The molecule has 2 heterocycles. The Morgan fingerprint density at radius 2 is 2.22 bits per heavy atom. The van der Waals surface area contributed by atoms with Gasteiger partial charge in [-0.2, -0.15) is 0 Å². The molecule has 0 radical (unpaired) electrons. The second-order valence-corrected chi connectivity index (χ2v) is 5.43. The van der Waals surface area contributed by atoms with Gasteiger partial charge >= 0.3 is 0 Å². The first-order valence-corrected chi connectivity index (χ1v) is 7.13. The Labute approximate surface area is 116 Å². The molecule has 0 N–H and O–H groups in total. The highest BCUT2D eigenvalue weighted by Crippen LogP contribution is 2.20. The summed E-state index contributed by atoms with van der Waals surface area (Å²) in [4.78, 5) is 20.4. The maximum atomic E-state index is 12.1. The maximum absolute atomic E-state index is 12.1. The number of amides is 1. The van der Waals surface area contributed by atoms with Crippen molar-refractivity contribution >= 4 is 27.5 Å². The van der Waals surface area contributed by atoms with E-state index in [1.165, 1.54) is 0 Å². The molecule has 1 fully saturated rings. The molecule has 0 aromatic carbocycles. The van der Waals surface area contributed by atoms with Crippen LogP contribution in [0.4, 0.5) is 5.69 Å². The van der Waals surface area contributed by atoms with E-state index in [0.29, 0.717) is 6.54 Å². The highest BCUT2D eigenvalue weighted by molar-refractivity contribution is 9.10. The Kier molecular flexibility index (Phi) is 4.58. The molecule has 0 atom stereocenters. The zero-order valence-electron chi connectivity index (χ0n) is 10.6. The van der Waals surface area contributed by atoms with Gasteiger partial charge in [-0.05, 0) is 34.8 Å². The monoisotopic (exact) mass is 311 g/mol. The van der Waals surface area contributed by atoms with Crippen molar-refractivity contribution in [1.82, 2.24) is 9.88 Å². The lowest BCUT2D eigenvalue weighted by Crippen LogP contribution is -2.37. The van der Waals surface area contributed by atoms with Crippen LogP contribution in [-0.4, -0.2) is 42.0 Å². The number of anilines is 1. The van der Waals surface area contributed by atoms with Gasteiger partial charge in [0.1, 0.15) is 0 Å². The van der Waals surface area contributed by atoms with Crippen molar-refractivity contribution in [1.29, 1.82) is 0 Å². The second-order valence-electron chi connectivity index (χ2n) is 4.52.